The number of nitrogens with zero attached hydrogens (tertiary/aromatic N) is 1. The van der Waals surface area contributed by atoms with E-state index >= 15 is 0 Å². The molecule has 2 unspecified atom stereocenters. The summed E-state index contributed by atoms with van der Waals surface area (Å²) in [5.41, 5.74) is 1.45. The molecule has 1 fully saturated rings. The minimum Gasteiger partial charge on any atom is -0.340 e. The minimum atomic E-state index is -4.00. The molecule has 0 bridgehead atoms. The zero-order valence-corrected chi connectivity index (χ0v) is 17.0. The van der Waals surface area contributed by atoms with E-state index in [1.54, 1.807) is 24.3 Å². The number of hydrogen-bond donors (Lipinski definition) is 2. The van der Waals surface area contributed by atoms with E-state index in [0.717, 1.165) is 24.8 Å². The molecule has 6 nitrogen and oxygen atoms in total. The average molecular weight is 408 g/mol. The lowest BCUT2D eigenvalue weighted by atomic mass is 10.1. The zero-order valence-electron chi connectivity index (χ0n) is 15.3. The van der Waals surface area contributed by atoms with Crippen molar-refractivity contribution < 1.29 is 17.9 Å². The van der Waals surface area contributed by atoms with Gasteiger partial charge in [-0.05, 0) is 37.0 Å². The van der Waals surface area contributed by atoms with Crippen LogP contribution in [0.1, 0.15) is 26.2 Å². The van der Waals surface area contributed by atoms with Gasteiger partial charge in [0.15, 0.2) is 0 Å². The van der Waals surface area contributed by atoms with Gasteiger partial charge in [-0.15, -0.1) is 0 Å². The van der Waals surface area contributed by atoms with Crippen LogP contribution in [0, 0.1) is 0 Å². The molecular formula is C19H25N2O4PS. The molecule has 2 aromatic carbocycles. The molecule has 1 saturated heterocycles. The normalized spacial score (nSPS) is 19.3. The van der Waals surface area contributed by atoms with Crippen LogP contribution in [0.3, 0.4) is 0 Å². The molecule has 2 aromatic rings. The lowest BCUT2D eigenvalue weighted by Gasteiger charge is -2.29. The molecule has 1 aliphatic rings. The Balaban J connectivity index is 1.89. The van der Waals surface area contributed by atoms with Crippen molar-refractivity contribution in [2.45, 2.75) is 32.0 Å². The second-order valence-electron chi connectivity index (χ2n) is 6.76. The molecule has 8 heteroatoms. The second kappa shape index (κ2) is 8.25. The number of hydrogen-bond acceptors (Lipinski definition) is 3. The Kier molecular flexibility index (Phi) is 6.18. The summed E-state index contributed by atoms with van der Waals surface area (Å²) in [5.74, 6) is -1.13. The summed E-state index contributed by atoms with van der Waals surface area (Å²) in [5, 5.41) is 0.255. The standard InChI is InChI=1S/C19H25N2O4PS/c1-16(20-27(24,25)21-14-8-3-9-15-21)26(22,23)19-13-7-6-12-18(19)17-10-4-2-5-11-17/h2,4-7,10-13,16,20H,3,8-9,14-15H2,1H3,(H,22,23). The van der Waals surface area contributed by atoms with Crippen LogP contribution >= 0.6 is 7.37 Å². The molecule has 0 aromatic heterocycles. The smallest absolute Gasteiger partial charge is 0.280 e. The molecule has 0 spiro atoms. The van der Waals surface area contributed by atoms with Crippen LogP contribution in [0.25, 0.3) is 11.1 Å². The van der Waals surface area contributed by atoms with Crippen molar-refractivity contribution in [3.63, 3.8) is 0 Å². The van der Waals surface area contributed by atoms with Crippen molar-refractivity contribution in [1.82, 2.24) is 9.03 Å². The van der Waals surface area contributed by atoms with Crippen LogP contribution in [0.2, 0.25) is 0 Å². The van der Waals surface area contributed by atoms with Crippen molar-refractivity contribution in [2.24, 2.45) is 0 Å². The third-order valence-electron chi connectivity index (χ3n) is 4.83. The molecule has 0 saturated carbocycles. The SMILES string of the molecule is CC(NS(=O)(=O)N1CCCCC1)P(=O)(O)c1ccccc1-c1ccccc1. The van der Waals surface area contributed by atoms with Gasteiger partial charge in [-0.25, -0.2) is 0 Å². The average Bonchev–Trinajstić information content (AvgIpc) is 2.69. The summed E-state index contributed by atoms with van der Waals surface area (Å²) in [7, 11) is -7.80. The van der Waals surface area contributed by atoms with Gasteiger partial charge in [-0.2, -0.15) is 17.4 Å². The molecule has 0 radical (unpaired) electrons. The first kappa shape index (κ1) is 20.2. The van der Waals surface area contributed by atoms with E-state index in [1.807, 2.05) is 30.3 Å². The van der Waals surface area contributed by atoms with Crippen molar-refractivity contribution in [2.75, 3.05) is 13.1 Å². The summed E-state index contributed by atoms with van der Waals surface area (Å²) in [6.07, 6.45) is 2.62. The lowest BCUT2D eigenvalue weighted by Crippen LogP contribution is -2.47. The Labute approximate surface area is 160 Å². The molecule has 1 heterocycles. The van der Waals surface area contributed by atoms with Gasteiger partial charge in [0.1, 0.15) is 5.78 Å². The summed E-state index contributed by atoms with van der Waals surface area (Å²) in [6, 6.07) is 16.2. The second-order valence-corrected chi connectivity index (χ2v) is 11.0. The Morgan fingerprint density at radius 2 is 1.59 bits per heavy atom. The minimum absolute atomic E-state index is 0.255. The Morgan fingerprint density at radius 1 is 1.00 bits per heavy atom. The molecule has 146 valence electrons. The number of benzene rings is 2. The molecule has 0 amide bonds. The fourth-order valence-corrected chi connectivity index (χ4v) is 6.85. The molecule has 27 heavy (non-hydrogen) atoms. The first-order valence-electron chi connectivity index (χ1n) is 9.07. The highest BCUT2D eigenvalue weighted by Crippen LogP contribution is 2.46. The van der Waals surface area contributed by atoms with Crippen LogP contribution in [0.4, 0.5) is 0 Å². The van der Waals surface area contributed by atoms with Gasteiger partial charge >= 0.3 is 0 Å². The van der Waals surface area contributed by atoms with Crippen LogP contribution < -0.4 is 10.0 Å². The Hall–Kier alpha value is -1.50. The van der Waals surface area contributed by atoms with Gasteiger partial charge in [0.05, 0.1) is 0 Å². The van der Waals surface area contributed by atoms with Crippen LogP contribution in [-0.4, -0.2) is 36.5 Å². The maximum Gasteiger partial charge on any atom is 0.280 e. The molecule has 2 N–H and O–H groups in total. The molecular weight excluding hydrogens is 383 g/mol. The fraction of sp³-hybridized carbons (Fsp3) is 0.368. The van der Waals surface area contributed by atoms with Crippen molar-refractivity contribution >= 4 is 22.9 Å². The van der Waals surface area contributed by atoms with Crippen molar-refractivity contribution in [1.29, 1.82) is 0 Å². The van der Waals surface area contributed by atoms with E-state index in [1.165, 1.54) is 11.2 Å². The van der Waals surface area contributed by atoms with E-state index in [2.05, 4.69) is 4.72 Å². The number of piperidine rings is 1. The monoisotopic (exact) mass is 408 g/mol. The third kappa shape index (κ3) is 4.50. The van der Waals surface area contributed by atoms with E-state index < -0.39 is 23.4 Å². The summed E-state index contributed by atoms with van der Waals surface area (Å²) in [6.45, 7) is 2.33. The highest BCUT2D eigenvalue weighted by Gasteiger charge is 2.36. The molecule has 2 atom stereocenters. The first-order chi connectivity index (χ1) is 12.8. The fourth-order valence-electron chi connectivity index (χ4n) is 3.29. The van der Waals surface area contributed by atoms with Crippen LogP contribution in [-0.2, 0) is 14.8 Å². The predicted octanol–water partition coefficient (Wildman–Crippen LogP) is 2.92. The zero-order chi connectivity index (χ0) is 19.5. The Morgan fingerprint density at radius 3 is 2.26 bits per heavy atom. The van der Waals surface area contributed by atoms with Crippen molar-refractivity contribution in [3.05, 3.63) is 54.6 Å². The molecule has 1 aliphatic heterocycles. The van der Waals surface area contributed by atoms with Gasteiger partial charge in [0, 0.05) is 18.4 Å². The lowest BCUT2D eigenvalue weighted by molar-refractivity contribution is 0.340. The van der Waals surface area contributed by atoms with E-state index in [9.17, 15) is 17.9 Å². The quantitative estimate of drug-likeness (QED) is 0.720. The maximum absolute atomic E-state index is 13.3. The highest BCUT2D eigenvalue weighted by atomic mass is 32.2. The van der Waals surface area contributed by atoms with E-state index in [-0.39, 0.29) is 5.30 Å². The van der Waals surface area contributed by atoms with E-state index in [4.69, 9.17) is 0 Å². The highest BCUT2D eigenvalue weighted by molar-refractivity contribution is 7.87. The van der Waals surface area contributed by atoms with Gasteiger partial charge < -0.3 is 4.89 Å². The summed E-state index contributed by atoms with van der Waals surface area (Å²) in [4.78, 5) is 10.9. The Bertz CT molecular complexity index is 928. The van der Waals surface area contributed by atoms with Crippen LogP contribution in [0.15, 0.2) is 54.6 Å². The topological polar surface area (TPSA) is 86.7 Å². The summed E-state index contributed by atoms with van der Waals surface area (Å²) < 4.78 is 42.3. The van der Waals surface area contributed by atoms with Crippen molar-refractivity contribution in [3.8, 4) is 11.1 Å². The van der Waals surface area contributed by atoms with Gasteiger partial charge in [-0.1, -0.05) is 55.0 Å². The number of rotatable bonds is 6. The van der Waals surface area contributed by atoms with Gasteiger partial charge in [0.25, 0.3) is 10.2 Å². The molecule has 0 aliphatic carbocycles. The van der Waals surface area contributed by atoms with E-state index in [0.29, 0.717) is 18.7 Å². The largest absolute Gasteiger partial charge is 0.340 e. The van der Waals surface area contributed by atoms with Crippen LogP contribution in [0.5, 0.6) is 0 Å². The summed E-state index contributed by atoms with van der Waals surface area (Å²) >= 11 is 0. The molecule has 3 rings (SSSR count). The van der Waals surface area contributed by atoms with Gasteiger partial charge in [-0.3, -0.25) is 4.57 Å². The van der Waals surface area contributed by atoms with Gasteiger partial charge in [0.2, 0.25) is 7.37 Å². The third-order valence-corrected chi connectivity index (χ3v) is 8.96. The maximum atomic E-state index is 13.3. The first-order valence-corrected chi connectivity index (χ1v) is 12.2. The predicted molar refractivity (Wildman–Crippen MR) is 108 cm³/mol. The number of nitrogens with one attached hydrogen (secondary N) is 1.